The number of carbonyl (C=O) groups is 1. The summed E-state index contributed by atoms with van der Waals surface area (Å²) in [6.45, 7) is 4.17. The first-order chi connectivity index (χ1) is 8.61. The van der Waals surface area contributed by atoms with E-state index in [2.05, 4.69) is 20.9 Å². The van der Waals surface area contributed by atoms with Gasteiger partial charge in [0.05, 0.1) is 6.61 Å². The molecule has 5 heteroatoms. The number of rotatable bonds is 3. The number of aromatic nitrogens is 1. The minimum absolute atomic E-state index is 0.364. The molecule has 0 aliphatic heterocycles. The van der Waals surface area contributed by atoms with E-state index in [1.165, 1.54) is 11.3 Å². The fourth-order valence-electron chi connectivity index (χ4n) is 1.48. The van der Waals surface area contributed by atoms with E-state index in [0.29, 0.717) is 12.3 Å². The Morgan fingerprint density at radius 2 is 2.28 bits per heavy atom. The molecule has 3 nitrogen and oxygen atoms in total. The van der Waals surface area contributed by atoms with Crippen LogP contribution in [0.25, 0.3) is 10.6 Å². The van der Waals surface area contributed by atoms with Crippen molar-refractivity contribution >= 4 is 33.2 Å². The minimum Gasteiger partial charge on any atom is -0.461 e. The molecule has 1 aromatic carbocycles. The normalized spacial score (nSPS) is 10.4. The largest absolute Gasteiger partial charge is 0.461 e. The van der Waals surface area contributed by atoms with Gasteiger partial charge in [0.15, 0.2) is 5.69 Å². The zero-order valence-corrected chi connectivity index (χ0v) is 12.5. The molecule has 18 heavy (non-hydrogen) atoms. The van der Waals surface area contributed by atoms with E-state index in [1.54, 1.807) is 12.3 Å². The Hall–Kier alpha value is -1.20. The number of carbonyl (C=O) groups excluding carboxylic acids is 1. The van der Waals surface area contributed by atoms with Crippen LogP contribution in [0.5, 0.6) is 0 Å². The number of benzene rings is 1. The number of nitrogens with zero attached hydrogens (tertiary/aromatic N) is 1. The first kappa shape index (κ1) is 13.2. The van der Waals surface area contributed by atoms with Gasteiger partial charge in [0.1, 0.15) is 5.01 Å². The standard InChI is InChI=1S/C13H12BrNO2S/c1-3-17-13(16)11-7-18-12(15-11)9-4-5-10(14)8(2)6-9/h4-7H,3H2,1-2H3. The van der Waals surface area contributed by atoms with Crippen molar-refractivity contribution in [2.24, 2.45) is 0 Å². The molecule has 0 N–H and O–H groups in total. The fourth-order valence-corrected chi connectivity index (χ4v) is 2.52. The van der Waals surface area contributed by atoms with Crippen molar-refractivity contribution in [3.8, 4) is 10.6 Å². The quantitative estimate of drug-likeness (QED) is 0.799. The molecule has 0 saturated carbocycles. The number of hydrogen-bond donors (Lipinski definition) is 0. The molecule has 1 heterocycles. The highest BCUT2D eigenvalue weighted by atomic mass is 79.9. The van der Waals surface area contributed by atoms with Gasteiger partial charge in [-0.25, -0.2) is 9.78 Å². The van der Waals surface area contributed by atoms with Crippen molar-refractivity contribution in [2.75, 3.05) is 6.61 Å². The lowest BCUT2D eigenvalue weighted by molar-refractivity contribution is 0.0520. The predicted octanol–water partition coefficient (Wildman–Crippen LogP) is 4.06. The van der Waals surface area contributed by atoms with Crippen LogP contribution < -0.4 is 0 Å². The summed E-state index contributed by atoms with van der Waals surface area (Å²) in [5, 5.41) is 2.55. The molecular formula is C13H12BrNO2S. The van der Waals surface area contributed by atoms with Crippen LogP contribution >= 0.6 is 27.3 Å². The van der Waals surface area contributed by atoms with Crippen molar-refractivity contribution < 1.29 is 9.53 Å². The lowest BCUT2D eigenvalue weighted by Gasteiger charge is -2.01. The number of esters is 1. The molecule has 0 aliphatic carbocycles. The molecular weight excluding hydrogens is 314 g/mol. The van der Waals surface area contributed by atoms with Gasteiger partial charge in [-0.3, -0.25) is 0 Å². The van der Waals surface area contributed by atoms with Gasteiger partial charge in [0.25, 0.3) is 0 Å². The Morgan fingerprint density at radius 1 is 1.50 bits per heavy atom. The number of thiazole rings is 1. The van der Waals surface area contributed by atoms with E-state index < -0.39 is 0 Å². The fraction of sp³-hybridized carbons (Fsp3) is 0.231. The molecule has 94 valence electrons. The van der Waals surface area contributed by atoms with E-state index in [1.807, 2.05) is 25.1 Å². The van der Waals surface area contributed by atoms with E-state index in [4.69, 9.17) is 4.74 Å². The summed E-state index contributed by atoms with van der Waals surface area (Å²) in [4.78, 5) is 15.8. The zero-order valence-electron chi connectivity index (χ0n) is 10.1. The molecule has 0 radical (unpaired) electrons. The maximum absolute atomic E-state index is 11.5. The highest BCUT2D eigenvalue weighted by molar-refractivity contribution is 9.10. The van der Waals surface area contributed by atoms with Crippen molar-refractivity contribution in [3.63, 3.8) is 0 Å². The molecule has 0 aliphatic rings. The summed E-state index contributed by atoms with van der Waals surface area (Å²) in [6, 6.07) is 6.00. The van der Waals surface area contributed by atoms with Gasteiger partial charge >= 0.3 is 5.97 Å². The Balaban J connectivity index is 2.29. The topological polar surface area (TPSA) is 39.2 Å². The average molecular weight is 326 g/mol. The summed E-state index contributed by atoms with van der Waals surface area (Å²) in [6.07, 6.45) is 0. The monoisotopic (exact) mass is 325 g/mol. The second kappa shape index (κ2) is 5.63. The first-order valence-corrected chi connectivity index (χ1v) is 7.18. The van der Waals surface area contributed by atoms with Crippen LogP contribution in [0.15, 0.2) is 28.1 Å². The Labute approximate surface area is 118 Å². The maximum atomic E-state index is 11.5. The molecule has 0 fully saturated rings. The van der Waals surface area contributed by atoms with Crippen LogP contribution in [0, 0.1) is 6.92 Å². The summed E-state index contributed by atoms with van der Waals surface area (Å²) in [5.41, 5.74) is 2.52. The Morgan fingerprint density at radius 3 is 2.94 bits per heavy atom. The minimum atomic E-state index is -0.367. The average Bonchev–Trinajstić information content (AvgIpc) is 2.82. The predicted molar refractivity (Wildman–Crippen MR) is 75.9 cm³/mol. The molecule has 2 rings (SSSR count). The molecule has 0 amide bonds. The molecule has 2 aromatic rings. The third kappa shape index (κ3) is 2.79. The zero-order chi connectivity index (χ0) is 13.1. The smallest absolute Gasteiger partial charge is 0.357 e. The van der Waals surface area contributed by atoms with E-state index in [-0.39, 0.29) is 5.97 Å². The van der Waals surface area contributed by atoms with Crippen LogP contribution in [-0.4, -0.2) is 17.6 Å². The number of ether oxygens (including phenoxy) is 1. The lowest BCUT2D eigenvalue weighted by atomic mass is 10.1. The number of hydrogen-bond acceptors (Lipinski definition) is 4. The summed E-state index contributed by atoms with van der Waals surface area (Å²) < 4.78 is 5.98. The second-order valence-corrected chi connectivity index (χ2v) is 5.43. The lowest BCUT2D eigenvalue weighted by Crippen LogP contribution is -2.04. The van der Waals surface area contributed by atoms with Gasteiger partial charge < -0.3 is 4.74 Å². The molecule has 1 aromatic heterocycles. The Kier molecular flexibility index (Phi) is 4.14. The van der Waals surface area contributed by atoms with Gasteiger partial charge in [0.2, 0.25) is 0 Å². The van der Waals surface area contributed by atoms with Crippen LogP contribution in [0.2, 0.25) is 0 Å². The first-order valence-electron chi connectivity index (χ1n) is 5.51. The van der Waals surface area contributed by atoms with Gasteiger partial charge in [-0.15, -0.1) is 11.3 Å². The van der Waals surface area contributed by atoms with Crippen LogP contribution in [0.1, 0.15) is 23.0 Å². The highest BCUT2D eigenvalue weighted by Gasteiger charge is 2.12. The molecule has 0 unspecified atom stereocenters. The number of halogens is 1. The van der Waals surface area contributed by atoms with Gasteiger partial charge in [-0.2, -0.15) is 0 Å². The number of aryl methyl sites for hydroxylation is 1. The van der Waals surface area contributed by atoms with E-state index in [9.17, 15) is 4.79 Å². The van der Waals surface area contributed by atoms with E-state index >= 15 is 0 Å². The van der Waals surface area contributed by atoms with Gasteiger partial charge in [-0.1, -0.05) is 22.0 Å². The molecule has 0 bridgehead atoms. The van der Waals surface area contributed by atoms with Gasteiger partial charge in [-0.05, 0) is 31.5 Å². The van der Waals surface area contributed by atoms with Crippen molar-refractivity contribution in [2.45, 2.75) is 13.8 Å². The van der Waals surface area contributed by atoms with E-state index in [0.717, 1.165) is 20.6 Å². The molecule has 0 saturated heterocycles. The van der Waals surface area contributed by atoms with Crippen molar-refractivity contribution in [1.29, 1.82) is 0 Å². The second-order valence-electron chi connectivity index (χ2n) is 3.72. The molecule has 0 atom stereocenters. The van der Waals surface area contributed by atoms with Crippen LogP contribution in [0.3, 0.4) is 0 Å². The summed E-state index contributed by atoms with van der Waals surface area (Å²) >= 11 is 4.90. The van der Waals surface area contributed by atoms with Crippen LogP contribution in [-0.2, 0) is 4.74 Å². The maximum Gasteiger partial charge on any atom is 0.357 e. The third-order valence-corrected chi connectivity index (χ3v) is 4.17. The SMILES string of the molecule is CCOC(=O)c1csc(-c2ccc(Br)c(C)c2)n1. The van der Waals surface area contributed by atoms with Crippen LogP contribution in [0.4, 0.5) is 0 Å². The summed E-state index contributed by atoms with van der Waals surface area (Å²) in [5.74, 6) is -0.367. The van der Waals surface area contributed by atoms with Gasteiger partial charge in [0, 0.05) is 15.4 Å². The third-order valence-electron chi connectivity index (χ3n) is 2.39. The summed E-state index contributed by atoms with van der Waals surface area (Å²) in [7, 11) is 0. The molecule has 0 spiro atoms. The Bertz CT molecular complexity index is 580. The highest BCUT2D eigenvalue weighted by Crippen LogP contribution is 2.27. The van der Waals surface area contributed by atoms with Crippen molar-refractivity contribution in [3.05, 3.63) is 39.3 Å². The van der Waals surface area contributed by atoms with Crippen molar-refractivity contribution in [1.82, 2.24) is 4.98 Å².